The van der Waals surface area contributed by atoms with Crippen LogP contribution in [0.25, 0.3) is 0 Å². The van der Waals surface area contributed by atoms with Gasteiger partial charge in [0.1, 0.15) is 12.4 Å². The average Bonchev–Trinajstić information content (AvgIpc) is 3.44. The van der Waals surface area contributed by atoms with Crippen molar-refractivity contribution < 1.29 is 14.3 Å². The van der Waals surface area contributed by atoms with Crippen molar-refractivity contribution in [2.45, 2.75) is 52.5 Å². The van der Waals surface area contributed by atoms with E-state index in [2.05, 4.69) is 32.2 Å². The highest BCUT2D eigenvalue weighted by Crippen LogP contribution is 2.34. The monoisotopic (exact) mass is 454 g/mol. The molecule has 5 nitrogen and oxygen atoms in total. The molecular formula is C26H34N2O3S. The smallest absolute Gasteiger partial charge is 0.242 e. The van der Waals surface area contributed by atoms with E-state index in [1.54, 1.807) is 16.2 Å². The Bertz CT molecular complexity index is 933. The SMILES string of the molecule is Cc1ccc(OCC2c3ccsc3CCN2C(=O)CN(CC2CC2)C(=O)CC(C)C)cc1. The van der Waals surface area contributed by atoms with Crippen LogP contribution in [0.4, 0.5) is 0 Å². The molecule has 1 unspecified atom stereocenters. The molecule has 2 heterocycles. The number of aryl methyl sites for hydroxylation is 1. The fourth-order valence-electron chi connectivity index (χ4n) is 4.28. The highest BCUT2D eigenvalue weighted by Gasteiger charge is 2.35. The molecule has 2 aromatic rings. The maximum absolute atomic E-state index is 13.5. The van der Waals surface area contributed by atoms with Gasteiger partial charge in [0.15, 0.2) is 0 Å². The van der Waals surface area contributed by atoms with Crippen LogP contribution in [0.2, 0.25) is 0 Å². The molecule has 1 aromatic carbocycles. The van der Waals surface area contributed by atoms with Gasteiger partial charge in [0.2, 0.25) is 11.8 Å². The van der Waals surface area contributed by atoms with Crippen LogP contribution in [0.5, 0.6) is 5.75 Å². The van der Waals surface area contributed by atoms with E-state index in [1.807, 2.05) is 29.2 Å². The quantitative estimate of drug-likeness (QED) is 0.544. The minimum Gasteiger partial charge on any atom is -0.491 e. The largest absolute Gasteiger partial charge is 0.491 e. The van der Waals surface area contributed by atoms with E-state index >= 15 is 0 Å². The van der Waals surface area contributed by atoms with Crippen LogP contribution < -0.4 is 4.74 Å². The molecule has 0 saturated heterocycles. The van der Waals surface area contributed by atoms with Crippen LogP contribution in [0.15, 0.2) is 35.7 Å². The number of carbonyl (C=O) groups is 2. The van der Waals surface area contributed by atoms with Crippen LogP contribution in [0.3, 0.4) is 0 Å². The molecule has 2 amide bonds. The summed E-state index contributed by atoms with van der Waals surface area (Å²) in [5.74, 6) is 1.79. The highest BCUT2D eigenvalue weighted by atomic mass is 32.1. The fraction of sp³-hybridized carbons (Fsp3) is 0.538. The summed E-state index contributed by atoms with van der Waals surface area (Å²) in [5, 5.41) is 2.10. The molecule has 1 aliphatic carbocycles. The van der Waals surface area contributed by atoms with Crippen molar-refractivity contribution >= 4 is 23.2 Å². The Morgan fingerprint density at radius 3 is 2.62 bits per heavy atom. The second-order valence-corrected chi connectivity index (χ2v) is 10.6. The van der Waals surface area contributed by atoms with Gasteiger partial charge in [0.05, 0.1) is 12.6 Å². The van der Waals surface area contributed by atoms with Gasteiger partial charge in [-0.1, -0.05) is 31.5 Å². The molecule has 0 N–H and O–H groups in total. The number of carbonyl (C=O) groups excluding carboxylic acids is 2. The first-order valence-corrected chi connectivity index (χ1v) is 12.6. The second kappa shape index (κ2) is 10.1. The van der Waals surface area contributed by atoms with Crippen LogP contribution in [-0.2, 0) is 16.0 Å². The third kappa shape index (κ3) is 5.71. The third-order valence-corrected chi connectivity index (χ3v) is 7.28. The van der Waals surface area contributed by atoms with Crippen LogP contribution in [0, 0.1) is 18.8 Å². The topological polar surface area (TPSA) is 49.9 Å². The van der Waals surface area contributed by atoms with Crippen LogP contribution in [0.1, 0.15) is 55.2 Å². The highest BCUT2D eigenvalue weighted by molar-refractivity contribution is 7.10. The predicted octanol–water partition coefficient (Wildman–Crippen LogP) is 4.85. The first kappa shape index (κ1) is 22.8. The summed E-state index contributed by atoms with van der Waals surface area (Å²) in [6.45, 7) is 8.12. The molecular weight excluding hydrogens is 420 g/mol. The lowest BCUT2D eigenvalue weighted by atomic mass is 10.00. The van der Waals surface area contributed by atoms with E-state index in [-0.39, 0.29) is 24.4 Å². The van der Waals surface area contributed by atoms with Crippen molar-refractivity contribution in [1.29, 1.82) is 0 Å². The summed E-state index contributed by atoms with van der Waals surface area (Å²) in [6.07, 6.45) is 3.68. The van der Waals surface area contributed by atoms with Gasteiger partial charge in [-0.3, -0.25) is 9.59 Å². The van der Waals surface area contributed by atoms with E-state index in [9.17, 15) is 9.59 Å². The van der Waals surface area contributed by atoms with Crippen molar-refractivity contribution in [3.05, 3.63) is 51.7 Å². The number of fused-ring (bicyclic) bond motifs is 1. The Hall–Kier alpha value is -2.34. The zero-order valence-electron chi connectivity index (χ0n) is 19.4. The van der Waals surface area contributed by atoms with E-state index in [0.717, 1.165) is 25.0 Å². The Morgan fingerprint density at radius 2 is 1.94 bits per heavy atom. The van der Waals surface area contributed by atoms with Gasteiger partial charge in [-0.15, -0.1) is 11.3 Å². The minimum absolute atomic E-state index is 0.0251. The van der Waals surface area contributed by atoms with Gasteiger partial charge in [0.25, 0.3) is 0 Å². The van der Waals surface area contributed by atoms with Crippen molar-refractivity contribution in [2.24, 2.45) is 11.8 Å². The molecule has 32 heavy (non-hydrogen) atoms. The van der Waals surface area contributed by atoms with Gasteiger partial charge in [-0.2, -0.15) is 0 Å². The molecule has 0 spiro atoms. The number of rotatable bonds is 9. The van der Waals surface area contributed by atoms with Crippen molar-refractivity contribution in [3.63, 3.8) is 0 Å². The van der Waals surface area contributed by atoms with E-state index in [1.165, 1.54) is 16.0 Å². The average molecular weight is 455 g/mol. The molecule has 4 rings (SSSR count). The number of nitrogens with zero attached hydrogens (tertiary/aromatic N) is 2. The molecule has 172 valence electrons. The number of benzene rings is 1. The number of hydrogen-bond donors (Lipinski definition) is 0. The number of amides is 2. The summed E-state index contributed by atoms with van der Waals surface area (Å²) < 4.78 is 6.12. The van der Waals surface area contributed by atoms with Crippen molar-refractivity contribution in [1.82, 2.24) is 9.80 Å². The van der Waals surface area contributed by atoms with Crippen LogP contribution >= 0.6 is 11.3 Å². The molecule has 1 atom stereocenters. The Labute approximate surface area is 195 Å². The first-order valence-electron chi connectivity index (χ1n) is 11.7. The summed E-state index contributed by atoms with van der Waals surface area (Å²) >= 11 is 1.75. The van der Waals surface area contributed by atoms with E-state index in [0.29, 0.717) is 38.0 Å². The molecule has 1 fully saturated rings. The lowest BCUT2D eigenvalue weighted by Crippen LogP contribution is -2.48. The lowest BCUT2D eigenvalue weighted by Gasteiger charge is -2.37. The predicted molar refractivity (Wildman–Crippen MR) is 128 cm³/mol. The summed E-state index contributed by atoms with van der Waals surface area (Å²) in [4.78, 5) is 31.4. The Kier molecular flexibility index (Phi) is 7.19. The maximum atomic E-state index is 13.5. The molecule has 0 bridgehead atoms. The fourth-order valence-corrected chi connectivity index (χ4v) is 5.21. The standard InChI is InChI=1S/C26H34N2O3S/c1-18(2)14-25(29)27(15-20-6-7-20)16-26(30)28-12-10-24-22(11-13-32-24)23(28)17-31-21-8-4-19(3)5-9-21/h4-5,8-9,11,13,18,20,23H,6-7,10,12,14-17H2,1-3H3. The van der Waals surface area contributed by atoms with Gasteiger partial charge in [-0.25, -0.2) is 0 Å². The Morgan fingerprint density at radius 1 is 1.19 bits per heavy atom. The summed E-state index contributed by atoms with van der Waals surface area (Å²) in [5.41, 5.74) is 2.37. The van der Waals surface area contributed by atoms with Gasteiger partial charge in [0, 0.05) is 24.4 Å². The maximum Gasteiger partial charge on any atom is 0.242 e. The van der Waals surface area contributed by atoms with Crippen LogP contribution in [-0.4, -0.2) is 47.9 Å². The molecule has 1 saturated carbocycles. The van der Waals surface area contributed by atoms with Gasteiger partial charge < -0.3 is 14.5 Å². The zero-order valence-corrected chi connectivity index (χ0v) is 20.2. The molecule has 1 aliphatic heterocycles. The molecule has 1 aromatic heterocycles. The van der Waals surface area contributed by atoms with Crippen molar-refractivity contribution in [3.8, 4) is 5.75 Å². The lowest BCUT2D eigenvalue weighted by molar-refractivity contribution is -0.143. The number of hydrogen-bond acceptors (Lipinski definition) is 4. The van der Waals surface area contributed by atoms with Crippen molar-refractivity contribution in [2.75, 3.05) is 26.2 Å². The summed E-state index contributed by atoms with van der Waals surface area (Å²) in [6, 6.07) is 10.0. The van der Waals surface area contributed by atoms with Gasteiger partial charge >= 0.3 is 0 Å². The second-order valence-electron chi connectivity index (χ2n) is 9.59. The zero-order chi connectivity index (χ0) is 22.7. The molecule has 0 radical (unpaired) electrons. The first-order chi connectivity index (χ1) is 15.4. The third-order valence-electron chi connectivity index (χ3n) is 6.28. The van der Waals surface area contributed by atoms with Gasteiger partial charge in [-0.05, 0) is 67.2 Å². The Balaban J connectivity index is 1.48. The minimum atomic E-state index is -0.123. The normalized spacial score (nSPS) is 17.9. The molecule has 6 heteroatoms. The van der Waals surface area contributed by atoms with E-state index < -0.39 is 0 Å². The van der Waals surface area contributed by atoms with E-state index in [4.69, 9.17) is 4.74 Å². The summed E-state index contributed by atoms with van der Waals surface area (Å²) in [7, 11) is 0. The number of ether oxygens (including phenoxy) is 1. The number of thiophene rings is 1. The molecule has 2 aliphatic rings.